The zero-order valence-electron chi connectivity index (χ0n) is 9.80. The maximum Gasteiger partial charge on any atom is 0.304 e. The standard InChI is InChI=1S/C11H18N2O3.ClH/c14-10(15)3-4-12-5-7-13(8-6-12)11(16)9-1-2-9;/h9H,1-8H2,(H,14,15);1H. The van der Waals surface area contributed by atoms with Gasteiger partial charge in [0.25, 0.3) is 0 Å². The highest BCUT2D eigenvalue weighted by Gasteiger charge is 2.34. The Morgan fingerprint density at radius 3 is 2.18 bits per heavy atom. The first kappa shape index (κ1) is 14.3. The van der Waals surface area contributed by atoms with E-state index in [1.807, 2.05) is 4.90 Å². The molecule has 0 aromatic carbocycles. The summed E-state index contributed by atoms with van der Waals surface area (Å²) < 4.78 is 0. The van der Waals surface area contributed by atoms with Crippen molar-refractivity contribution in [3.05, 3.63) is 0 Å². The molecule has 0 atom stereocenters. The van der Waals surface area contributed by atoms with Gasteiger partial charge in [-0.3, -0.25) is 14.5 Å². The molecule has 1 N–H and O–H groups in total. The Hall–Kier alpha value is -0.810. The SMILES string of the molecule is Cl.O=C(O)CCN1CCN(C(=O)C2CC2)CC1. The van der Waals surface area contributed by atoms with Gasteiger partial charge in [0.05, 0.1) is 6.42 Å². The molecule has 0 bridgehead atoms. The van der Waals surface area contributed by atoms with E-state index in [-0.39, 0.29) is 18.8 Å². The van der Waals surface area contributed by atoms with Gasteiger partial charge >= 0.3 is 5.97 Å². The minimum atomic E-state index is -0.753. The Bertz CT molecular complexity index is 286. The third kappa shape index (κ3) is 4.16. The number of hydrogen-bond donors (Lipinski definition) is 1. The molecule has 1 aliphatic carbocycles. The number of nitrogens with zero attached hydrogens (tertiary/aromatic N) is 2. The van der Waals surface area contributed by atoms with Gasteiger partial charge < -0.3 is 10.0 Å². The fourth-order valence-electron chi connectivity index (χ4n) is 2.03. The predicted octanol–water partition coefficient (Wildman–Crippen LogP) is 0.437. The smallest absolute Gasteiger partial charge is 0.304 e. The fraction of sp³-hybridized carbons (Fsp3) is 0.818. The molecule has 1 amide bonds. The first-order chi connectivity index (χ1) is 7.66. The lowest BCUT2D eigenvalue weighted by molar-refractivity contribution is -0.138. The number of halogens is 1. The van der Waals surface area contributed by atoms with Gasteiger partial charge in [-0.2, -0.15) is 0 Å². The Labute approximate surface area is 107 Å². The molecule has 2 fully saturated rings. The molecule has 0 unspecified atom stereocenters. The Morgan fingerprint density at radius 1 is 1.12 bits per heavy atom. The second-order valence-corrected chi connectivity index (χ2v) is 4.58. The van der Waals surface area contributed by atoms with Gasteiger partial charge in [0.1, 0.15) is 0 Å². The minimum Gasteiger partial charge on any atom is -0.481 e. The van der Waals surface area contributed by atoms with Crippen LogP contribution in [0.4, 0.5) is 0 Å². The van der Waals surface area contributed by atoms with Crippen LogP contribution in [0.1, 0.15) is 19.3 Å². The van der Waals surface area contributed by atoms with E-state index >= 15 is 0 Å². The van der Waals surface area contributed by atoms with E-state index in [1.54, 1.807) is 0 Å². The molecule has 0 aromatic heterocycles. The van der Waals surface area contributed by atoms with Crippen molar-refractivity contribution in [2.45, 2.75) is 19.3 Å². The highest BCUT2D eigenvalue weighted by molar-refractivity contribution is 5.85. The lowest BCUT2D eigenvalue weighted by atomic mass is 10.2. The van der Waals surface area contributed by atoms with Crippen LogP contribution in [0.5, 0.6) is 0 Å². The summed E-state index contributed by atoms with van der Waals surface area (Å²) in [6.07, 6.45) is 2.30. The second kappa shape index (κ2) is 6.21. The quantitative estimate of drug-likeness (QED) is 0.799. The van der Waals surface area contributed by atoms with E-state index < -0.39 is 5.97 Å². The van der Waals surface area contributed by atoms with Crippen molar-refractivity contribution in [1.82, 2.24) is 9.80 Å². The first-order valence-corrected chi connectivity index (χ1v) is 5.90. The van der Waals surface area contributed by atoms with Crippen molar-refractivity contribution < 1.29 is 14.7 Å². The zero-order valence-corrected chi connectivity index (χ0v) is 10.6. The molecule has 1 saturated carbocycles. The van der Waals surface area contributed by atoms with Crippen LogP contribution in [-0.4, -0.2) is 59.5 Å². The molecule has 1 saturated heterocycles. The highest BCUT2D eigenvalue weighted by atomic mass is 35.5. The van der Waals surface area contributed by atoms with Gasteiger partial charge in [0.15, 0.2) is 0 Å². The van der Waals surface area contributed by atoms with Crippen molar-refractivity contribution >= 4 is 24.3 Å². The van der Waals surface area contributed by atoms with E-state index in [9.17, 15) is 9.59 Å². The lowest BCUT2D eigenvalue weighted by Gasteiger charge is -2.34. The van der Waals surface area contributed by atoms with Crippen molar-refractivity contribution in [2.24, 2.45) is 5.92 Å². The number of carboxylic acids is 1. The molecule has 98 valence electrons. The van der Waals surface area contributed by atoms with E-state index in [0.29, 0.717) is 18.4 Å². The summed E-state index contributed by atoms with van der Waals surface area (Å²) in [5.74, 6) is -0.153. The van der Waals surface area contributed by atoms with Gasteiger partial charge in [-0.25, -0.2) is 0 Å². The predicted molar refractivity (Wildman–Crippen MR) is 65.2 cm³/mol. The normalized spacial score (nSPS) is 20.8. The average molecular weight is 263 g/mol. The third-order valence-corrected chi connectivity index (χ3v) is 3.25. The number of hydrogen-bond acceptors (Lipinski definition) is 3. The molecular formula is C11H19ClN2O3. The maximum atomic E-state index is 11.7. The van der Waals surface area contributed by atoms with Crippen LogP contribution in [0.15, 0.2) is 0 Å². The molecule has 2 aliphatic rings. The van der Waals surface area contributed by atoms with Gasteiger partial charge in [-0.15, -0.1) is 12.4 Å². The van der Waals surface area contributed by atoms with Crippen LogP contribution in [0.25, 0.3) is 0 Å². The van der Waals surface area contributed by atoms with E-state index in [1.165, 1.54) is 0 Å². The third-order valence-electron chi connectivity index (χ3n) is 3.25. The molecule has 1 aliphatic heterocycles. The highest BCUT2D eigenvalue weighted by Crippen LogP contribution is 2.31. The molecule has 2 rings (SSSR count). The number of aliphatic carboxylic acids is 1. The van der Waals surface area contributed by atoms with Crippen LogP contribution in [-0.2, 0) is 9.59 Å². The van der Waals surface area contributed by atoms with Crippen molar-refractivity contribution in [1.29, 1.82) is 0 Å². The van der Waals surface area contributed by atoms with Crippen molar-refractivity contribution in [2.75, 3.05) is 32.7 Å². The van der Waals surface area contributed by atoms with Gasteiger partial charge in [0, 0.05) is 38.6 Å². The van der Waals surface area contributed by atoms with E-state index in [0.717, 1.165) is 39.0 Å². The Kier molecular flexibility index (Phi) is 5.21. The summed E-state index contributed by atoms with van der Waals surface area (Å²) in [7, 11) is 0. The topological polar surface area (TPSA) is 60.9 Å². The largest absolute Gasteiger partial charge is 0.481 e. The van der Waals surface area contributed by atoms with Crippen molar-refractivity contribution in [3.63, 3.8) is 0 Å². The summed E-state index contributed by atoms with van der Waals surface area (Å²) in [4.78, 5) is 26.2. The summed E-state index contributed by atoms with van der Waals surface area (Å²) in [6.45, 7) is 3.74. The van der Waals surface area contributed by atoms with Gasteiger partial charge in [-0.05, 0) is 12.8 Å². The number of carbonyl (C=O) groups is 2. The summed E-state index contributed by atoms with van der Waals surface area (Å²) in [6, 6.07) is 0. The summed E-state index contributed by atoms with van der Waals surface area (Å²) in [5, 5.41) is 8.57. The molecule has 5 nitrogen and oxygen atoms in total. The molecule has 1 heterocycles. The van der Waals surface area contributed by atoms with E-state index in [4.69, 9.17) is 5.11 Å². The summed E-state index contributed by atoms with van der Waals surface area (Å²) in [5.41, 5.74) is 0. The lowest BCUT2D eigenvalue weighted by Crippen LogP contribution is -2.49. The number of carbonyl (C=O) groups excluding carboxylic acids is 1. The van der Waals surface area contributed by atoms with E-state index in [2.05, 4.69) is 4.90 Å². The molecule has 0 spiro atoms. The molecule has 0 aromatic rings. The minimum absolute atomic E-state index is 0. The zero-order chi connectivity index (χ0) is 11.5. The molecular weight excluding hydrogens is 244 g/mol. The Balaban J connectivity index is 0.00000144. The van der Waals surface area contributed by atoms with Crippen LogP contribution in [0, 0.1) is 5.92 Å². The first-order valence-electron chi connectivity index (χ1n) is 5.90. The number of carboxylic acid groups (broad SMARTS) is 1. The van der Waals surface area contributed by atoms with Crippen LogP contribution in [0.2, 0.25) is 0 Å². The number of amides is 1. The fourth-order valence-corrected chi connectivity index (χ4v) is 2.03. The van der Waals surface area contributed by atoms with Crippen LogP contribution in [0.3, 0.4) is 0 Å². The second-order valence-electron chi connectivity index (χ2n) is 4.58. The van der Waals surface area contributed by atoms with Gasteiger partial charge in [0.2, 0.25) is 5.91 Å². The number of rotatable bonds is 4. The van der Waals surface area contributed by atoms with Gasteiger partial charge in [-0.1, -0.05) is 0 Å². The average Bonchev–Trinajstić information content (AvgIpc) is 3.10. The van der Waals surface area contributed by atoms with Crippen molar-refractivity contribution in [3.8, 4) is 0 Å². The Morgan fingerprint density at radius 2 is 1.71 bits per heavy atom. The molecule has 0 radical (unpaired) electrons. The van der Waals surface area contributed by atoms with Crippen LogP contribution >= 0.6 is 12.4 Å². The molecule has 17 heavy (non-hydrogen) atoms. The van der Waals surface area contributed by atoms with Crippen LogP contribution < -0.4 is 0 Å². The summed E-state index contributed by atoms with van der Waals surface area (Å²) >= 11 is 0. The number of piperazine rings is 1. The maximum absolute atomic E-state index is 11.7. The molecule has 6 heteroatoms. The monoisotopic (exact) mass is 262 g/mol.